The van der Waals surface area contributed by atoms with E-state index in [2.05, 4.69) is 10.2 Å². The Labute approximate surface area is 162 Å². The van der Waals surface area contributed by atoms with Gasteiger partial charge in [-0.2, -0.15) is 0 Å². The molecule has 0 aliphatic carbocycles. The lowest BCUT2D eigenvalue weighted by atomic mass is 10.0. The van der Waals surface area contributed by atoms with Crippen LogP contribution in [0.2, 0.25) is 5.02 Å². The third-order valence-corrected chi connectivity index (χ3v) is 4.93. The highest BCUT2D eigenvalue weighted by Crippen LogP contribution is 2.26. The molecule has 2 aromatic carbocycles. The summed E-state index contributed by atoms with van der Waals surface area (Å²) in [6.07, 6.45) is 3.03. The molecule has 2 heterocycles. The molecule has 1 atom stereocenters. The van der Waals surface area contributed by atoms with Gasteiger partial charge in [-0.3, -0.25) is 9.36 Å². The summed E-state index contributed by atoms with van der Waals surface area (Å²) in [4.78, 5) is 15.1. The van der Waals surface area contributed by atoms with Crippen LogP contribution >= 0.6 is 11.6 Å². The maximum absolute atomic E-state index is 13.3. The van der Waals surface area contributed by atoms with Crippen molar-refractivity contribution in [2.24, 2.45) is 0 Å². The molecule has 1 saturated heterocycles. The summed E-state index contributed by atoms with van der Waals surface area (Å²) >= 11 is 5.97. The molecule has 6 nitrogen and oxygen atoms in total. The molecule has 138 valence electrons. The smallest absolute Gasteiger partial charge is 0.256 e. The SMILES string of the molecule is Cc1ccc(-n2cnnc2)c(C(=O)N2CCO[C@H](c3ccc(Cl)cc3)C2)c1. The maximum atomic E-state index is 13.3. The molecule has 1 fully saturated rings. The number of amides is 1. The van der Waals surface area contributed by atoms with Crippen molar-refractivity contribution in [1.29, 1.82) is 0 Å². The number of aromatic nitrogens is 3. The topological polar surface area (TPSA) is 60.2 Å². The summed E-state index contributed by atoms with van der Waals surface area (Å²) < 4.78 is 7.64. The van der Waals surface area contributed by atoms with Gasteiger partial charge in [-0.25, -0.2) is 0 Å². The van der Waals surface area contributed by atoms with Crippen LogP contribution in [-0.2, 0) is 4.74 Å². The molecule has 3 aromatic rings. The molecule has 1 aliphatic rings. The van der Waals surface area contributed by atoms with Crippen LogP contribution in [0.5, 0.6) is 0 Å². The Balaban J connectivity index is 1.61. The molecular weight excluding hydrogens is 364 g/mol. The molecule has 27 heavy (non-hydrogen) atoms. The van der Waals surface area contributed by atoms with Gasteiger partial charge in [0.15, 0.2) is 0 Å². The molecule has 0 saturated carbocycles. The number of carbonyl (C=O) groups is 1. The van der Waals surface area contributed by atoms with Crippen LogP contribution in [0.1, 0.15) is 27.6 Å². The van der Waals surface area contributed by atoms with Crippen molar-refractivity contribution in [1.82, 2.24) is 19.7 Å². The summed E-state index contributed by atoms with van der Waals surface area (Å²) in [5.41, 5.74) is 3.44. The predicted molar refractivity (Wildman–Crippen MR) is 102 cm³/mol. The molecule has 0 N–H and O–H groups in total. The minimum atomic E-state index is -0.164. The summed E-state index contributed by atoms with van der Waals surface area (Å²) in [6, 6.07) is 13.4. The van der Waals surface area contributed by atoms with Gasteiger partial charge >= 0.3 is 0 Å². The molecule has 4 rings (SSSR count). The summed E-state index contributed by atoms with van der Waals surface area (Å²) in [6.45, 7) is 3.52. The number of morpholine rings is 1. The van der Waals surface area contributed by atoms with Crippen LogP contribution in [0.15, 0.2) is 55.1 Å². The first kappa shape index (κ1) is 17.7. The fraction of sp³-hybridized carbons (Fsp3) is 0.250. The van der Waals surface area contributed by atoms with Crippen molar-refractivity contribution in [3.05, 3.63) is 76.8 Å². The van der Waals surface area contributed by atoms with Crippen molar-refractivity contribution in [2.45, 2.75) is 13.0 Å². The molecule has 0 spiro atoms. The second kappa shape index (κ2) is 7.50. The van der Waals surface area contributed by atoms with Gasteiger partial charge in [0.1, 0.15) is 18.8 Å². The van der Waals surface area contributed by atoms with Crippen LogP contribution in [-0.4, -0.2) is 45.3 Å². The van der Waals surface area contributed by atoms with Crippen molar-refractivity contribution in [3.63, 3.8) is 0 Å². The van der Waals surface area contributed by atoms with Crippen LogP contribution in [0, 0.1) is 6.92 Å². The zero-order valence-corrected chi connectivity index (χ0v) is 15.6. The van der Waals surface area contributed by atoms with E-state index in [1.807, 2.05) is 54.3 Å². The minimum Gasteiger partial charge on any atom is -0.370 e. The highest BCUT2D eigenvalue weighted by Gasteiger charge is 2.27. The summed E-state index contributed by atoms with van der Waals surface area (Å²) in [5.74, 6) is -0.0235. The third kappa shape index (κ3) is 3.72. The summed E-state index contributed by atoms with van der Waals surface area (Å²) in [7, 11) is 0. The lowest BCUT2D eigenvalue weighted by Crippen LogP contribution is -2.42. The van der Waals surface area contributed by atoms with Gasteiger partial charge in [0.05, 0.1) is 24.4 Å². The van der Waals surface area contributed by atoms with Crippen LogP contribution in [0.4, 0.5) is 0 Å². The van der Waals surface area contributed by atoms with Gasteiger partial charge in [0, 0.05) is 11.6 Å². The first-order valence-corrected chi connectivity index (χ1v) is 9.11. The molecule has 0 unspecified atom stereocenters. The number of benzene rings is 2. The average molecular weight is 383 g/mol. The Morgan fingerprint density at radius 3 is 2.63 bits per heavy atom. The molecular formula is C20H19ClN4O2. The number of aryl methyl sites for hydroxylation is 1. The quantitative estimate of drug-likeness (QED) is 0.696. The Bertz CT molecular complexity index is 941. The van der Waals surface area contributed by atoms with Crippen molar-refractivity contribution in [2.75, 3.05) is 19.7 Å². The van der Waals surface area contributed by atoms with Gasteiger partial charge in [0.2, 0.25) is 0 Å². The van der Waals surface area contributed by atoms with E-state index in [9.17, 15) is 4.79 Å². The zero-order valence-electron chi connectivity index (χ0n) is 14.9. The highest BCUT2D eigenvalue weighted by molar-refractivity contribution is 6.30. The lowest BCUT2D eigenvalue weighted by molar-refractivity contribution is -0.0228. The largest absolute Gasteiger partial charge is 0.370 e. The Morgan fingerprint density at radius 1 is 1.15 bits per heavy atom. The maximum Gasteiger partial charge on any atom is 0.256 e. The second-order valence-electron chi connectivity index (χ2n) is 6.55. The average Bonchev–Trinajstić information content (AvgIpc) is 3.22. The predicted octanol–water partition coefficient (Wildman–Crippen LogP) is 3.44. The highest BCUT2D eigenvalue weighted by atomic mass is 35.5. The number of ether oxygens (including phenoxy) is 1. The van der Waals surface area contributed by atoms with Crippen molar-refractivity contribution >= 4 is 17.5 Å². The van der Waals surface area contributed by atoms with E-state index in [0.717, 1.165) is 16.8 Å². The number of halogens is 1. The molecule has 0 radical (unpaired) electrons. The fourth-order valence-electron chi connectivity index (χ4n) is 3.25. The summed E-state index contributed by atoms with van der Waals surface area (Å²) in [5, 5.41) is 8.38. The monoisotopic (exact) mass is 382 g/mol. The normalized spacial score (nSPS) is 17.1. The first-order valence-electron chi connectivity index (χ1n) is 8.74. The Morgan fingerprint density at radius 2 is 1.89 bits per heavy atom. The van der Waals surface area contributed by atoms with Crippen LogP contribution in [0.3, 0.4) is 0 Å². The molecule has 7 heteroatoms. The Kier molecular flexibility index (Phi) is 4.92. The van der Waals surface area contributed by atoms with E-state index < -0.39 is 0 Å². The first-order chi connectivity index (χ1) is 13.1. The minimum absolute atomic E-state index is 0.0235. The lowest BCUT2D eigenvalue weighted by Gasteiger charge is -2.33. The molecule has 1 aromatic heterocycles. The zero-order chi connectivity index (χ0) is 18.8. The number of hydrogen-bond acceptors (Lipinski definition) is 4. The van der Waals surface area contributed by atoms with Crippen molar-refractivity contribution < 1.29 is 9.53 Å². The Hall–Kier alpha value is -2.70. The van der Waals surface area contributed by atoms with Gasteiger partial charge < -0.3 is 9.64 Å². The van der Waals surface area contributed by atoms with Crippen LogP contribution in [0.25, 0.3) is 5.69 Å². The van der Waals surface area contributed by atoms with E-state index in [0.29, 0.717) is 30.3 Å². The van der Waals surface area contributed by atoms with Gasteiger partial charge in [-0.1, -0.05) is 35.4 Å². The van der Waals surface area contributed by atoms with Gasteiger partial charge in [0.25, 0.3) is 5.91 Å². The standard InChI is InChI=1S/C20H19ClN4O2/c1-14-2-7-18(25-12-22-23-13-25)17(10-14)20(26)24-8-9-27-19(11-24)15-3-5-16(21)6-4-15/h2-7,10,12-13,19H,8-9,11H2,1H3/t19-/m0/s1. The van der Waals surface area contributed by atoms with Crippen LogP contribution < -0.4 is 0 Å². The second-order valence-corrected chi connectivity index (χ2v) is 6.99. The van der Waals surface area contributed by atoms with E-state index in [1.165, 1.54) is 0 Å². The fourth-order valence-corrected chi connectivity index (χ4v) is 3.38. The number of rotatable bonds is 3. The number of nitrogens with zero attached hydrogens (tertiary/aromatic N) is 4. The van der Waals surface area contributed by atoms with Gasteiger partial charge in [-0.15, -0.1) is 10.2 Å². The third-order valence-electron chi connectivity index (χ3n) is 4.67. The molecule has 1 amide bonds. The van der Waals surface area contributed by atoms with E-state index in [4.69, 9.17) is 16.3 Å². The number of hydrogen-bond donors (Lipinski definition) is 0. The van der Waals surface area contributed by atoms with Crippen molar-refractivity contribution in [3.8, 4) is 5.69 Å². The molecule has 1 aliphatic heterocycles. The van der Waals surface area contributed by atoms with E-state index >= 15 is 0 Å². The van der Waals surface area contributed by atoms with Gasteiger partial charge in [-0.05, 0) is 36.8 Å². The number of carbonyl (C=O) groups excluding carboxylic acids is 1. The molecule has 0 bridgehead atoms. The van der Waals surface area contributed by atoms with E-state index in [-0.39, 0.29) is 12.0 Å². The van der Waals surface area contributed by atoms with E-state index in [1.54, 1.807) is 17.2 Å².